The Kier molecular flexibility index (Phi) is 5.31. The number of piperidine rings is 1. The molecule has 1 fully saturated rings. The average Bonchev–Trinajstić information content (AvgIpc) is 3.02. The van der Waals surface area contributed by atoms with Crippen LogP contribution in [0.1, 0.15) is 60.9 Å². The van der Waals surface area contributed by atoms with Gasteiger partial charge in [-0.2, -0.15) is 5.10 Å². The molecular formula is C18H25N5O2. The molecule has 0 saturated carbocycles. The van der Waals surface area contributed by atoms with Crippen molar-refractivity contribution in [3.8, 4) is 0 Å². The van der Waals surface area contributed by atoms with Gasteiger partial charge in [-0.15, -0.1) is 0 Å². The summed E-state index contributed by atoms with van der Waals surface area (Å²) in [6.07, 6.45) is 5.44. The number of pyridine rings is 1. The topological polar surface area (TPSA) is 83.9 Å². The van der Waals surface area contributed by atoms with Gasteiger partial charge < -0.3 is 4.90 Å². The number of rotatable bonds is 5. The number of likely N-dealkylation sites (tertiary alicyclic amines) is 1. The summed E-state index contributed by atoms with van der Waals surface area (Å²) in [5.74, 6) is 0.880. The highest BCUT2D eigenvalue weighted by atomic mass is 16.2. The van der Waals surface area contributed by atoms with Crippen molar-refractivity contribution in [2.75, 3.05) is 13.1 Å². The third-order valence-electron chi connectivity index (χ3n) is 4.75. The van der Waals surface area contributed by atoms with Crippen LogP contribution in [0.3, 0.4) is 0 Å². The molecule has 1 aliphatic rings. The van der Waals surface area contributed by atoms with Crippen LogP contribution >= 0.6 is 0 Å². The van der Waals surface area contributed by atoms with Crippen molar-refractivity contribution in [3.05, 3.63) is 45.9 Å². The lowest BCUT2D eigenvalue weighted by atomic mass is 9.96. The molecule has 134 valence electrons. The van der Waals surface area contributed by atoms with E-state index in [4.69, 9.17) is 0 Å². The molecule has 0 aliphatic carbocycles. The van der Waals surface area contributed by atoms with Crippen LogP contribution in [0.25, 0.3) is 0 Å². The maximum atomic E-state index is 12.9. The summed E-state index contributed by atoms with van der Waals surface area (Å²) in [5.41, 5.74) is 1.46. The van der Waals surface area contributed by atoms with Gasteiger partial charge in [-0.1, -0.05) is 13.3 Å². The summed E-state index contributed by atoms with van der Waals surface area (Å²) in [6, 6.07) is 3.67. The number of aromatic nitrogens is 4. The lowest BCUT2D eigenvalue weighted by Gasteiger charge is -2.32. The molecular weight excluding hydrogens is 318 g/mol. The number of carbonyl (C=O) groups excluding carboxylic acids is 1. The van der Waals surface area contributed by atoms with Crippen LogP contribution < -0.4 is 5.69 Å². The number of hydrogen-bond donors (Lipinski definition) is 1. The predicted octanol–water partition coefficient (Wildman–Crippen LogP) is 1.96. The standard InChI is InChI=1S/C18H25N5O2/c1-3-6-15-11-13(8-9-19-15)17(24)22-10-5-7-14(12-22)16-20-21-18(25)23(16)4-2/h8-9,11,14H,3-7,10,12H2,1-2H3,(H,21,25)/t14-/m0/s1. The maximum Gasteiger partial charge on any atom is 0.343 e. The Morgan fingerprint density at radius 3 is 3.00 bits per heavy atom. The summed E-state index contributed by atoms with van der Waals surface area (Å²) in [5, 5.41) is 6.72. The molecule has 3 heterocycles. The summed E-state index contributed by atoms with van der Waals surface area (Å²) in [7, 11) is 0. The molecule has 0 radical (unpaired) electrons. The predicted molar refractivity (Wildman–Crippen MR) is 94.6 cm³/mol. The van der Waals surface area contributed by atoms with E-state index in [-0.39, 0.29) is 17.5 Å². The second-order valence-corrected chi connectivity index (χ2v) is 6.51. The van der Waals surface area contributed by atoms with E-state index in [9.17, 15) is 9.59 Å². The first-order valence-corrected chi connectivity index (χ1v) is 9.03. The Bertz CT molecular complexity index is 795. The van der Waals surface area contributed by atoms with E-state index in [0.717, 1.165) is 43.7 Å². The van der Waals surface area contributed by atoms with Crippen molar-refractivity contribution < 1.29 is 4.79 Å². The van der Waals surface area contributed by atoms with E-state index in [1.165, 1.54) is 0 Å². The highest BCUT2D eigenvalue weighted by Gasteiger charge is 2.29. The molecule has 0 bridgehead atoms. The molecule has 1 saturated heterocycles. The molecule has 0 aromatic carbocycles. The normalized spacial score (nSPS) is 17.7. The molecule has 1 amide bonds. The van der Waals surface area contributed by atoms with Crippen molar-refractivity contribution in [1.29, 1.82) is 0 Å². The monoisotopic (exact) mass is 343 g/mol. The first-order valence-electron chi connectivity index (χ1n) is 9.03. The number of amides is 1. The first-order chi connectivity index (χ1) is 12.1. The molecule has 0 spiro atoms. The zero-order valence-electron chi connectivity index (χ0n) is 14.9. The van der Waals surface area contributed by atoms with Gasteiger partial charge in [-0.3, -0.25) is 14.3 Å². The maximum absolute atomic E-state index is 12.9. The van der Waals surface area contributed by atoms with Crippen LogP contribution in [0.5, 0.6) is 0 Å². The lowest BCUT2D eigenvalue weighted by molar-refractivity contribution is 0.0703. The Morgan fingerprint density at radius 1 is 1.40 bits per heavy atom. The molecule has 3 rings (SSSR count). The minimum Gasteiger partial charge on any atom is -0.338 e. The van der Waals surface area contributed by atoms with E-state index in [0.29, 0.717) is 18.7 Å². The van der Waals surface area contributed by atoms with Gasteiger partial charge in [0.25, 0.3) is 5.91 Å². The SMILES string of the molecule is CCCc1cc(C(=O)N2CCC[C@H](c3n[nH]c(=O)n3CC)C2)ccn1. The second-order valence-electron chi connectivity index (χ2n) is 6.51. The Balaban J connectivity index is 1.78. The van der Waals surface area contributed by atoms with E-state index in [1.54, 1.807) is 16.8 Å². The van der Waals surface area contributed by atoms with Crippen LogP contribution in [0.4, 0.5) is 0 Å². The van der Waals surface area contributed by atoms with Gasteiger partial charge in [0.05, 0.1) is 0 Å². The number of nitrogens with zero attached hydrogens (tertiary/aromatic N) is 4. The third-order valence-corrected chi connectivity index (χ3v) is 4.75. The molecule has 2 aromatic rings. The van der Waals surface area contributed by atoms with Crippen LogP contribution in [0, 0.1) is 0 Å². The minimum atomic E-state index is -0.181. The van der Waals surface area contributed by atoms with Gasteiger partial charge in [0.2, 0.25) is 0 Å². The molecule has 1 atom stereocenters. The second kappa shape index (κ2) is 7.63. The lowest BCUT2D eigenvalue weighted by Crippen LogP contribution is -2.40. The number of nitrogens with one attached hydrogen (secondary N) is 1. The average molecular weight is 343 g/mol. The number of hydrogen-bond acceptors (Lipinski definition) is 4. The van der Waals surface area contributed by atoms with Crippen LogP contribution in [0.15, 0.2) is 23.1 Å². The van der Waals surface area contributed by atoms with Crippen LogP contribution in [-0.4, -0.2) is 43.6 Å². The van der Waals surface area contributed by atoms with Gasteiger partial charge in [-0.05, 0) is 38.3 Å². The fraction of sp³-hybridized carbons (Fsp3) is 0.556. The van der Waals surface area contributed by atoms with Crippen LogP contribution in [-0.2, 0) is 13.0 Å². The third kappa shape index (κ3) is 3.65. The molecule has 2 aromatic heterocycles. The van der Waals surface area contributed by atoms with Crippen molar-refractivity contribution in [2.24, 2.45) is 0 Å². The Morgan fingerprint density at radius 2 is 2.24 bits per heavy atom. The van der Waals surface area contributed by atoms with Crippen LogP contribution in [0.2, 0.25) is 0 Å². The first kappa shape index (κ1) is 17.4. The zero-order valence-corrected chi connectivity index (χ0v) is 14.9. The van der Waals surface area contributed by atoms with Gasteiger partial charge in [0, 0.05) is 43.0 Å². The van der Waals surface area contributed by atoms with Gasteiger partial charge >= 0.3 is 5.69 Å². The smallest absolute Gasteiger partial charge is 0.338 e. The Labute approximate surface area is 147 Å². The summed E-state index contributed by atoms with van der Waals surface area (Å²) in [6.45, 7) is 5.94. The van der Waals surface area contributed by atoms with Crippen molar-refractivity contribution >= 4 is 5.91 Å². The number of H-pyrrole nitrogens is 1. The fourth-order valence-electron chi connectivity index (χ4n) is 3.51. The molecule has 7 heteroatoms. The van der Waals surface area contributed by atoms with E-state index in [1.807, 2.05) is 17.9 Å². The molecule has 7 nitrogen and oxygen atoms in total. The van der Waals surface area contributed by atoms with Crippen molar-refractivity contribution in [1.82, 2.24) is 24.6 Å². The molecule has 1 aliphatic heterocycles. The molecule has 1 N–H and O–H groups in total. The zero-order chi connectivity index (χ0) is 17.8. The van der Waals surface area contributed by atoms with Gasteiger partial charge in [0.1, 0.15) is 5.82 Å². The number of carbonyl (C=O) groups is 1. The molecule has 0 unspecified atom stereocenters. The summed E-state index contributed by atoms with van der Waals surface area (Å²) < 4.78 is 1.66. The molecule has 25 heavy (non-hydrogen) atoms. The van der Waals surface area contributed by atoms with E-state index in [2.05, 4.69) is 22.1 Å². The number of aryl methyl sites for hydroxylation is 1. The van der Waals surface area contributed by atoms with Gasteiger partial charge in [-0.25, -0.2) is 9.89 Å². The summed E-state index contributed by atoms with van der Waals surface area (Å²) >= 11 is 0. The Hall–Kier alpha value is -2.44. The van der Waals surface area contributed by atoms with Gasteiger partial charge in [0.15, 0.2) is 0 Å². The summed E-state index contributed by atoms with van der Waals surface area (Å²) in [4.78, 5) is 30.9. The van der Waals surface area contributed by atoms with E-state index >= 15 is 0 Å². The largest absolute Gasteiger partial charge is 0.343 e. The van der Waals surface area contributed by atoms with Crippen molar-refractivity contribution in [3.63, 3.8) is 0 Å². The fourth-order valence-corrected chi connectivity index (χ4v) is 3.51. The quantitative estimate of drug-likeness (QED) is 0.899. The highest BCUT2D eigenvalue weighted by Crippen LogP contribution is 2.26. The highest BCUT2D eigenvalue weighted by molar-refractivity contribution is 5.94. The van der Waals surface area contributed by atoms with Crippen molar-refractivity contribution in [2.45, 2.75) is 52.0 Å². The van der Waals surface area contributed by atoms with E-state index < -0.39 is 0 Å². The number of aromatic amines is 1. The minimum absolute atomic E-state index is 0.0328.